The van der Waals surface area contributed by atoms with Crippen LogP contribution in [-0.4, -0.2) is 48.1 Å². The Labute approximate surface area is 136 Å². The summed E-state index contributed by atoms with van der Waals surface area (Å²) in [5.41, 5.74) is 1.05. The fourth-order valence-corrected chi connectivity index (χ4v) is 4.32. The average molecular weight is 472 g/mol. The van der Waals surface area contributed by atoms with E-state index in [0.717, 1.165) is 28.8 Å². The van der Waals surface area contributed by atoms with Gasteiger partial charge in [-0.1, -0.05) is 0 Å². The summed E-state index contributed by atoms with van der Waals surface area (Å²) in [5, 5.41) is 10.1. The van der Waals surface area contributed by atoms with Crippen molar-refractivity contribution >= 4 is 45.2 Å². The summed E-state index contributed by atoms with van der Waals surface area (Å²) in [4.78, 5) is 4.71. The number of benzene rings is 1. The van der Waals surface area contributed by atoms with Crippen molar-refractivity contribution in [2.45, 2.75) is 19.0 Å². The highest BCUT2D eigenvalue weighted by molar-refractivity contribution is 14.1. The van der Waals surface area contributed by atoms with Gasteiger partial charge in [-0.05, 0) is 77.8 Å². The minimum absolute atomic E-state index is 0.448. The zero-order valence-electron chi connectivity index (χ0n) is 10.7. The number of nitrogens with zero attached hydrogens (tertiary/aromatic N) is 2. The molecule has 1 saturated heterocycles. The molecule has 1 aliphatic heterocycles. The predicted octanol–water partition coefficient (Wildman–Crippen LogP) is 2.74. The van der Waals surface area contributed by atoms with Crippen molar-refractivity contribution in [2.24, 2.45) is 0 Å². The number of hydrogen-bond acceptors (Lipinski definition) is 3. The number of halogens is 2. The van der Waals surface area contributed by atoms with Crippen LogP contribution in [0.4, 0.5) is 0 Å². The van der Waals surface area contributed by atoms with Gasteiger partial charge in [-0.2, -0.15) is 0 Å². The van der Waals surface area contributed by atoms with Gasteiger partial charge in [0.1, 0.15) is 5.75 Å². The summed E-state index contributed by atoms with van der Waals surface area (Å²) in [5.74, 6) is 0.448. The van der Waals surface area contributed by atoms with E-state index in [-0.39, 0.29) is 0 Å². The SMILES string of the molecule is CN(C)[C@H]1CCN(Cc2cc(I)cc(I)c2O)C1. The maximum atomic E-state index is 10.1. The molecule has 1 fully saturated rings. The van der Waals surface area contributed by atoms with Gasteiger partial charge in [-0.3, -0.25) is 4.90 Å². The molecule has 0 unspecified atom stereocenters. The third kappa shape index (κ3) is 3.49. The van der Waals surface area contributed by atoms with Crippen LogP contribution in [0.3, 0.4) is 0 Å². The van der Waals surface area contributed by atoms with Gasteiger partial charge >= 0.3 is 0 Å². The summed E-state index contributed by atoms with van der Waals surface area (Å²) < 4.78 is 2.13. The van der Waals surface area contributed by atoms with Gasteiger partial charge in [-0.15, -0.1) is 0 Å². The number of likely N-dealkylation sites (tertiary alicyclic amines) is 1. The van der Waals surface area contributed by atoms with Crippen LogP contribution in [0, 0.1) is 7.14 Å². The quantitative estimate of drug-likeness (QED) is 0.687. The van der Waals surface area contributed by atoms with Gasteiger partial charge in [0, 0.05) is 34.8 Å². The summed E-state index contributed by atoms with van der Waals surface area (Å²) in [6, 6.07) is 4.74. The van der Waals surface area contributed by atoms with E-state index in [1.807, 2.05) is 6.07 Å². The van der Waals surface area contributed by atoms with Crippen molar-refractivity contribution in [1.82, 2.24) is 9.80 Å². The monoisotopic (exact) mass is 472 g/mol. The number of rotatable bonds is 3. The molecule has 0 spiro atoms. The molecule has 0 aliphatic carbocycles. The minimum atomic E-state index is 0.448. The lowest BCUT2D eigenvalue weighted by Crippen LogP contribution is -2.31. The first-order valence-electron chi connectivity index (χ1n) is 6.03. The molecule has 100 valence electrons. The first kappa shape index (κ1) is 14.8. The van der Waals surface area contributed by atoms with E-state index >= 15 is 0 Å². The number of hydrogen-bond donors (Lipinski definition) is 1. The summed E-state index contributed by atoms with van der Waals surface area (Å²) in [6.45, 7) is 3.06. The maximum absolute atomic E-state index is 10.1. The van der Waals surface area contributed by atoms with E-state index < -0.39 is 0 Å². The third-order valence-electron chi connectivity index (χ3n) is 3.48. The van der Waals surface area contributed by atoms with Crippen LogP contribution in [0.25, 0.3) is 0 Å². The van der Waals surface area contributed by atoms with Crippen LogP contribution < -0.4 is 0 Å². The fourth-order valence-electron chi connectivity index (χ4n) is 2.36. The Morgan fingerprint density at radius 3 is 2.72 bits per heavy atom. The highest BCUT2D eigenvalue weighted by atomic mass is 127. The van der Waals surface area contributed by atoms with E-state index in [4.69, 9.17) is 0 Å². The average Bonchev–Trinajstić information content (AvgIpc) is 2.74. The highest BCUT2D eigenvalue weighted by Crippen LogP contribution is 2.29. The summed E-state index contributed by atoms with van der Waals surface area (Å²) in [7, 11) is 4.28. The molecule has 0 amide bonds. The Kier molecular flexibility index (Phi) is 5.13. The number of likely N-dealkylation sites (N-methyl/N-ethyl adjacent to an activating group) is 1. The van der Waals surface area contributed by atoms with Crippen molar-refractivity contribution in [1.29, 1.82) is 0 Å². The molecule has 3 nitrogen and oxygen atoms in total. The molecule has 1 aromatic carbocycles. The standard InChI is InChI=1S/C13H18I2N2O/c1-16(2)11-3-4-17(8-11)7-9-5-10(14)6-12(15)13(9)18/h5-6,11,18H,3-4,7-8H2,1-2H3/t11-/m0/s1. The molecule has 18 heavy (non-hydrogen) atoms. The van der Waals surface area contributed by atoms with Crippen LogP contribution in [0.15, 0.2) is 12.1 Å². The van der Waals surface area contributed by atoms with Crippen LogP contribution in [-0.2, 0) is 6.54 Å². The lowest BCUT2D eigenvalue weighted by molar-refractivity contribution is 0.262. The van der Waals surface area contributed by atoms with Gasteiger partial charge in [0.25, 0.3) is 0 Å². The summed E-state index contributed by atoms with van der Waals surface area (Å²) in [6.07, 6.45) is 1.22. The van der Waals surface area contributed by atoms with E-state index in [9.17, 15) is 5.11 Å². The number of phenols is 1. The topological polar surface area (TPSA) is 26.7 Å². The molecule has 2 rings (SSSR count). The van der Waals surface area contributed by atoms with E-state index in [2.05, 4.69) is 75.1 Å². The molecule has 1 heterocycles. The lowest BCUT2D eigenvalue weighted by atomic mass is 10.2. The van der Waals surface area contributed by atoms with E-state index in [1.165, 1.54) is 9.99 Å². The zero-order chi connectivity index (χ0) is 13.3. The third-order valence-corrected chi connectivity index (χ3v) is 4.92. The van der Waals surface area contributed by atoms with Gasteiger partial charge < -0.3 is 10.0 Å². The first-order chi connectivity index (χ1) is 8.47. The molecule has 1 aromatic rings. The Hall–Kier alpha value is 0.400. The molecule has 0 saturated carbocycles. The van der Waals surface area contributed by atoms with Gasteiger partial charge in [0.05, 0.1) is 3.57 Å². The van der Waals surface area contributed by atoms with Crippen molar-refractivity contribution in [3.05, 3.63) is 24.8 Å². The van der Waals surface area contributed by atoms with Gasteiger partial charge in [0.15, 0.2) is 0 Å². The van der Waals surface area contributed by atoms with E-state index in [1.54, 1.807) is 0 Å². The molecule has 1 aliphatic rings. The van der Waals surface area contributed by atoms with Crippen molar-refractivity contribution < 1.29 is 5.11 Å². The Morgan fingerprint density at radius 2 is 2.11 bits per heavy atom. The van der Waals surface area contributed by atoms with Gasteiger partial charge in [-0.25, -0.2) is 0 Å². The normalized spacial score (nSPS) is 20.8. The molecular formula is C13H18I2N2O. The minimum Gasteiger partial charge on any atom is -0.507 e. The second-order valence-corrected chi connectivity index (χ2v) is 7.44. The van der Waals surface area contributed by atoms with Crippen LogP contribution in [0.5, 0.6) is 5.75 Å². The Bertz CT molecular complexity index is 437. The molecule has 1 atom stereocenters. The molecule has 0 aromatic heterocycles. The maximum Gasteiger partial charge on any atom is 0.133 e. The molecular weight excluding hydrogens is 454 g/mol. The first-order valence-corrected chi connectivity index (χ1v) is 8.19. The van der Waals surface area contributed by atoms with Crippen molar-refractivity contribution in [2.75, 3.05) is 27.2 Å². The number of phenolic OH excluding ortho intramolecular Hbond substituents is 1. The predicted molar refractivity (Wildman–Crippen MR) is 90.9 cm³/mol. The van der Waals surface area contributed by atoms with Crippen molar-refractivity contribution in [3.63, 3.8) is 0 Å². The largest absolute Gasteiger partial charge is 0.507 e. The molecule has 0 radical (unpaired) electrons. The van der Waals surface area contributed by atoms with Crippen molar-refractivity contribution in [3.8, 4) is 5.75 Å². The molecule has 1 N–H and O–H groups in total. The van der Waals surface area contributed by atoms with Crippen LogP contribution in [0.2, 0.25) is 0 Å². The molecule has 0 bridgehead atoms. The Morgan fingerprint density at radius 1 is 1.39 bits per heavy atom. The van der Waals surface area contributed by atoms with Crippen LogP contribution >= 0.6 is 45.2 Å². The highest BCUT2D eigenvalue weighted by Gasteiger charge is 2.24. The lowest BCUT2D eigenvalue weighted by Gasteiger charge is -2.21. The summed E-state index contributed by atoms with van der Waals surface area (Å²) >= 11 is 4.50. The van der Waals surface area contributed by atoms with E-state index in [0.29, 0.717) is 11.8 Å². The Balaban J connectivity index is 2.07. The molecule has 5 heteroatoms. The smallest absolute Gasteiger partial charge is 0.133 e. The second-order valence-electron chi connectivity index (χ2n) is 5.04. The van der Waals surface area contributed by atoms with Crippen LogP contribution in [0.1, 0.15) is 12.0 Å². The number of aromatic hydroxyl groups is 1. The van der Waals surface area contributed by atoms with Gasteiger partial charge in [0.2, 0.25) is 0 Å². The zero-order valence-corrected chi connectivity index (χ0v) is 15.0. The second kappa shape index (κ2) is 6.23. The fraction of sp³-hybridized carbons (Fsp3) is 0.538.